The molecule has 5 nitrogen and oxygen atoms in total. The summed E-state index contributed by atoms with van der Waals surface area (Å²) in [4.78, 5) is 28.6. The fraction of sp³-hybridized carbons (Fsp3) is 0.333. The van der Waals surface area contributed by atoms with Crippen LogP contribution in [0.5, 0.6) is 5.75 Å². The number of aryl methyl sites for hydroxylation is 1. The number of amides is 2. The minimum atomic E-state index is -0.396. The quantitative estimate of drug-likeness (QED) is 0.831. The van der Waals surface area contributed by atoms with Crippen molar-refractivity contribution in [3.8, 4) is 5.75 Å². The first-order valence-electron chi connectivity index (χ1n) is 8.94. The van der Waals surface area contributed by atoms with E-state index in [9.17, 15) is 14.0 Å². The molecule has 2 amide bonds. The van der Waals surface area contributed by atoms with E-state index in [2.05, 4.69) is 0 Å². The van der Waals surface area contributed by atoms with Crippen LogP contribution in [0.3, 0.4) is 0 Å². The summed E-state index contributed by atoms with van der Waals surface area (Å²) in [5.41, 5.74) is 2.29. The van der Waals surface area contributed by atoms with E-state index in [-0.39, 0.29) is 18.2 Å². The third-order valence-corrected chi connectivity index (χ3v) is 4.80. The Balaban J connectivity index is 1.59. The lowest BCUT2D eigenvalue weighted by molar-refractivity contribution is -0.131. The summed E-state index contributed by atoms with van der Waals surface area (Å²) in [6.07, 6.45) is 0.0762. The van der Waals surface area contributed by atoms with Gasteiger partial charge in [0, 0.05) is 37.3 Å². The zero-order valence-electron chi connectivity index (χ0n) is 15.6. The van der Waals surface area contributed by atoms with Crippen molar-refractivity contribution in [2.45, 2.75) is 13.3 Å². The fourth-order valence-electron chi connectivity index (χ4n) is 3.20. The molecule has 2 aromatic rings. The molecule has 0 atom stereocenters. The van der Waals surface area contributed by atoms with Gasteiger partial charge in [-0.05, 0) is 37.3 Å². The Hall–Kier alpha value is -2.89. The largest absolute Gasteiger partial charge is 0.496 e. The van der Waals surface area contributed by atoms with Gasteiger partial charge < -0.3 is 14.5 Å². The number of halogens is 1. The summed E-state index contributed by atoms with van der Waals surface area (Å²) in [6.45, 7) is 3.88. The van der Waals surface area contributed by atoms with Crippen LogP contribution in [0, 0.1) is 12.7 Å². The lowest BCUT2D eigenvalue weighted by atomic mass is 10.1. The Morgan fingerprint density at radius 3 is 2.26 bits per heavy atom. The molecule has 0 radical (unpaired) electrons. The number of piperazine rings is 1. The van der Waals surface area contributed by atoms with E-state index in [0.29, 0.717) is 43.1 Å². The van der Waals surface area contributed by atoms with Gasteiger partial charge in [-0.2, -0.15) is 0 Å². The summed E-state index contributed by atoms with van der Waals surface area (Å²) in [6, 6.07) is 11.6. The molecule has 0 aliphatic carbocycles. The molecule has 1 heterocycles. The second kappa shape index (κ2) is 8.20. The summed E-state index contributed by atoms with van der Waals surface area (Å²) in [5.74, 6) is -0.0136. The molecule has 2 aromatic carbocycles. The van der Waals surface area contributed by atoms with Gasteiger partial charge in [0.2, 0.25) is 5.91 Å². The molecule has 0 aromatic heterocycles. The predicted octanol–water partition coefficient (Wildman–Crippen LogP) is 2.67. The molecule has 0 unspecified atom stereocenters. The highest BCUT2D eigenvalue weighted by atomic mass is 19.1. The van der Waals surface area contributed by atoms with Gasteiger partial charge in [0.15, 0.2) is 0 Å². The first-order chi connectivity index (χ1) is 13.0. The molecule has 3 rings (SSSR count). The molecule has 0 saturated carbocycles. The van der Waals surface area contributed by atoms with Gasteiger partial charge in [-0.3, -0.25) is 9.59 Å². The number of hydrogen-bond acceptors (Lipinski definition) is 3. The molecule has 27 heavy (non-hydrogen) atoms. The van der Waals surface area contributed by atoms with Crippen molar-refractivity contribution in [2.24, 2.45) is 0 Å². The van der Waals surface area contributed by atoms with Gasteiger partial charge in [-0.1, -0.05) is 17.7 Å². The van der Waals surface area contributed by atoms with E-state index < -0.39 is 5.82 Å². The second-order valence-electron chi connectivity index (χ2n) is 6.67. The first kappa shape index (κ1) is 18.9. The van der Waals surface area contributed by atoms with Crippen molar-refractivity contribution >= 4 is 11.8 Å². The van der Waals surface area contributed by atoms with E-state index in [4.69, 9.17) is 4.74 Å². The fourth-order valence-corrected chi connectivity index (χ4v) is 3.20. The van der Waals surface area contributed by atoms with Gasteiger partial charge in [-0.15, -0.1) is 0 Å². The maximum absolute atomic E-state index is 13.5. The average Bonchev–Trinajstić information content (AvgIpc) is 2.68. The van der Waals surface area contributed by atoms with Crippen molar-refractivity contribution in [1.29, 1.82) is 0 Å². The normalized spacial score (nSPS) is 14.2. The van der Waals surface area contributed by atoms with Gasteiger partial charge in [-0.25, -0.2) is 4.39 Å². The number of carbonyl (C=O) groups excluding carboxylic acids is 2. The molecule has 1 saturated heterocycles. The summed E-state index contributed by atoms with van der Waals surface area (Å²) < 4.78 is 18.7. The third-order valence-electron chi connectivity index (χ3n) is 4.80. The molecule has 1 fully saturated rings. The van der Waals surface area contributed by atoms with Gasteiger partial charge in [0.25, 0.3) is 5.91 Å². The van der Waals surface area contributed by atoms with E-state index in [0.717, 1.165) is 5.56 Å². The number of rotatable bonds is 4. The predicted molar refractivity (Wildman–Crippen MR) is 100 cm³/mol. The van der Waals surface area contributed by atoms with Gasteiger partial charge >= 0.3 is 0 Å². The molecule has 142 valence electrons. The van der Waals surface area contributed by atoms with Crippen molar-refractivity contribution in [1.82, 2.24) is 9.80 Å². The molecule has 0 bridgehead atoms. The molecule has 0 N–H and O–H groups in total. The van der Waals surface area contributed by atoms with E-state index in [1.54, 1.807) is 9.80 Å². The molecular formula is C21H23FN2O3. The Kier molecular flexibility index (Phi) is 5.74. The molecule has 1 aliphatic heterocycles. The smallest absolute Gasteiger partial charge is 0.253 e. The summed E-state index contributed by atoms with van der Waals surface area (Å²) in [7, 11) is 1.50. The lowest BCUT2D eigenvalue weighted by Crippen LogP contribution is -2.51. The summed E-state index contributed by atoms with van der Waals surface area (Å²) >= 11 is 0. The minimum absolute atomic E-state index is 0.0195. The Labute approximate surface area is 158 Å². The van der Waals surface area contributed by atoms with Crippen LogP contribution in [0.2, 0.25) is 0 Å². The Bertz CT molecular complexity index is 828. The van der Waals surface area contributed by atoms with Crippen LogP contribution >= 0.6 is 0 Å². The SMILES string of the molecule is COc1ccc(F)cc1CC(=O)N1CCN(C(=O)c2ccc(C)cc2)CC1. The van der Waals surface area contributed by atoms with Gasteiger partial charge in [0.1, 0.15) is 11.6 Å². The number of methoxy groups -OCH3 is 1. The van der Waals surface area contributed by atoms with Crippen LogP contribution in [-0.4, -0.2) is 54.9 Å². The first-order valence-corrected chi connectivity index (χ1v) is 8.94. The number of carbonyl (C=O) groups is 2. The van der Waals surface area contributed by atoms with Crippen LogP contribution in [0.25, 0.3) is 0 Å². The van der Waals surface area contributed by atoms with Gasteiger partial charge in [0.05, 0.1) is 13.5 Å². The van der Waals surface area contributed by atoms with Crippen molar-refractivity contribution < 1.29 is 18.7 Å². The zero-order valence-corrected chi connectivity index (χ0v) is 15.6. The topological polar surface area (TPSA) is 49.9 Å². The van der Waals surface area contributed by atoms with Crippen LogP contribution < -0.4 is 4.74 Å². The standard InChI is InChI=1S/C21H23FN2O3/c1-15-3-5-16(6-4-15)21(26)24-11-9-23(10-12-24)20(25)14-17-13-18(22)7-8-19(17)27-2/h3-8,13H,9-12,14H2,1-2H3. The molecule has 0 spiro atoms. The van der Waals surface area contributed by atoms with Crippen LogP contribution in [-0.2, 0) is 11.2 Å². The number of hydrogen-bond donors (Lipinski definition) is 0. The van der Waals surface area contributed by atoms with Crippen LogP contribution in [0.4, 0.5) is 4.39 Å². The minimum Gasteiger partial charge on any atom is -0.496 e. The molecule has 1 aliphatic rings. The maximum Gasteiger partial charge on any atom is 0.253 e. The van der Waals surface area contributed by atoms with E-state index in [1.807, 2.05) is 31.2 Å². The maximum atomic E-state index is 13.5. The zero-order chi connectivity index (χ0) is 19.4. The average molecular weight is 370 g/mol. The number of benzene rings is 2. The summed E-state index contributed by atoms with van der Waals surface area (Å²) in [5, 5.41) is 0. The molecule has 6 heteroatoms. The number of nitrogens with zero attached hydrogens (tertiary/aromatic N) is 2. The van der Waals surface area contributed by atoms with Crippen molar-refractivity contribution in [3.05, 3.63) is 65.0 Å². The second-order valence-corrected chi connectivity index (χ2v) is 6.67. The third kappa shape index (κ3) is 4.45. The highest BCUT2D eigenvalue weighted by Crippen LogP contribution is 2.21. The van der Waals surface area contributed by atoms with Crippen LogP contribution in [0.1, 0.15) is 21.5 Å². The Morgan fingerprint density at radius 1 is 1.00 bits per heavy atom. The van der Waals surface area contributed by atoms with E-state index >= 15 is 0 Å². The van der Waals surface area contributed by atoms with Crippen LogP contribution in [0.15, 0.2) is 42.5 Å². The monoisotopic (exact) mass is 370 g/mol. The highest BCUT2D eigenvalue weighted by molar-refractivity contribution is 5.94. The van der Waals surface area contributed by atoms with Crippen molar-refractivity contribution in [2.75, 3.05) is 33.3 Å². The molecular weight excluding hydrogens is 347 g/mol. The number of ether oxygens (including phenoxy) is 1. The lowest BCUT2D eigenvalue weighted by Gasteiger charge is -2.35. The highest BCUT2D eigenvalue weighted by Gasteiger charge is 2.25. The van der Waals surface area contributed by atoms with E-state index in [1.165, 1.54) is 25.3 Å². The van der Waals surface area contributed by atoms with Crippen molar-refractivity contribution in [3.63, 3.8) is 0 Å². The Morgan fingerprint density at radius 2 is 1.63 bits per heavy atom.